The highest BCUT2D eigenvalue weighted by atomic mass is 19.1. The average Bonchev–Trinajstić information content (AvgIpc) is 2.54. The molecule has 1 aromatic heterocycles. The summed E-state index contributed by atoms with van der Waals surface area (Å²) >= 11 is 0. The second-order valence-electron chi connectivity index (χ2n) is 3.84. The molecule has 0 radical (unpaired) electrons. The van der Waals surface area contributed by atoms with E-state index in [9.17, 15) is 4.39 Å². The van der Waals surface area contributed by atoms with Crippen LogP contribution in [0, 0.1) is 5.82 Å². The van der Waals surface area contributed by atoms with E-state index in [1.54, 1.807) is 6.07 Å². The van der Waals surface area contributed by atoms with Crippen LogP contribution in [-0.4, -0.2) is 11.6 Å². The number of halogens is 1. The molecule has 1 heterocycles. The van der Waals surface area contributed by atoms with E-state index in [-0.39, 0.29) is 11.9 Å². The van der Waals surface area contributed by atoms with Crippen LogP contribution in [0.25, 0.3) is 10.9 Å². The van der Waals surface area contributed by atoms with Crippen molar-refractivity contribution in [3.63, 3.8) is 0 Å². The fraction of sp³-hybridized carbons (Fsp3) is 0.333. The monoisotopic (exact) mass is 206 g/mol. The molecule has 0 saturated heterocycles. The first-order chi connectivity index (χ1) is 7.13. The number of benzene rings is 1. The zero-order valence-corrected chi connectivity index (χ0v) is 9.21. The Morgan fingerprint density at radius 3 is 2.73 bits per heavy atom. The minimum Gasteiger partial charge on any atom is -0.346 e. The van der Waals surface area contributed by atoms with Gasteiger partial charge < -0.3 is 9.88 Å². The van der Waals surface area contributed by atoms with Crippen LogP contribution in [0.4, 0.5) is 4.39 Å². The molecule has 2 rings (SSSR count). The molecule has 2 aromatic rings. The fourth-order valence-corrected chi connectivity index (χ4v) is 1.91. The van der Waals surface area contributed by atoms with Gasteiger partial charge in [0.05, 0.1) is 0 Å². The number of hydrogen-bond donors (Lipinski definition) is 1. The predicted molar refractivity (Wildman–Crippen MR) is 60.4 cm³/mol. The highest BCUT2D eigenvalue weighted by Gasteiger charge is 2.10. The third-order valence-corrected chi connectivity index (χ3v) is 2.92. The van der Waals surface area contributed by atoms with E-state index in [1.165, 1.54) is 6.07 Å². The van der Waals surface area contributed by atoms with Crippen LogP contribution >= 0.6 is 0 Å². The smallest absolute Gasteiger partial charge is 0.123 e. The molecule has 0 aliphatic rings. The molecule has 1 unspecified atom stereocenters. The molecular weight excluding hydrogens is 191 g/mol. The van der Waals surface area contributed by atoms with Crippen molar-refractivity contribution in [3.8, 4) is 0 Å². The number of rotatable bonds is 2. The fourth-order valence-electron chi connectivity index (χ4n) is 1.91. The summed E-state index contributed by atoms with van der Waals surface area (Å²) in [6.07, 6.45) is 0. The molecule has 3 heteroatoms. The lowest BCUT2D eigenvalue weighted by Gasteiger charge is -2.11. The first-order valence-electron chi connectivity index (χ1n) is 5.05. The molecule has 2 nitrogen and oxygen atoms in total. The molecule has 1 N–H and O–H groups in total. The van der Waals surface area contributed by atoms with E-state index in [0.717, 1.165) is 16.6 Å². The van der Waals surface area contributed by atoms with Gasteiger partial charge in [0.25, 0.3) is 0 Å². The summed E-state index contributed by atoms with van der Waals surface area (Å²) in [6.45, 7) is 2.09. The van der Waals surface area contributed by atoms with Gasteiger partial charge in [-0.25, -0.2) is 4.39 Å². The normalized spacial score (nSPS) is 13.3. The predicted octanol–water partition coefficient (Wildman–Crippen LogP) is 2.60. The van der Waals surface area contributed by atoms with Crippen molar-refractivity contribution in [2.75, 3.05) is 7.05 Å². The van der Waals surface area contributed by atoms with Crippen molar-refractivity contribution >= 4 is 10.9 Å². The molecule has 0 spiro atoms. The maximum atomic E-state index is 13.0. The maximum absolute atomic E-state index is 13.0. The Labute approximate surface area is 88.7 Å². The maximum Gasteiger partial charge on any atom is 0.123 e. The van der Waals surface area contributed by atoms with E-state index < -0.39 is 0 Å². The third-order valence-electron chi connectivity index (χ3n) is 2.92. The van der Waals surface area contributed by atoms with E-state index >= 15 is 0 Å². The molecule has 1 aromatic carbocycles. The molecule has 0 bridgehead atoms. The van der Waals surface area contributed by atoms with Crippen LogP contribution in [0.15, 0.2) is 24.3 Å². The lowest BCUT2D eigenvalue weighted by Crippen LogP contribution is -2.15. The zero-order valence-electron chi connectivity index (χ0n) is 9.21. The Morgan fingerprint density at radius 1 is 1.33 bits per heavy atom. The van der Waals surface area contributed by atoms with Gasteiger partial charge in [0.15, 0.2) is 0 Å². The van der Waals surface area contributed by atoms with Gasteiger partial charge in [0, 0.05) is 29.7 Å². The van der Waals surface area contributed by atoms with E-state index in [1.807, 2.05) is 26.2 Å². The lowest BCUT2D eigenvalue weighted by atomic mass is 10.2. The molecule has 15 heavy (non-hydrogen) atoms. The largest absolute Gasteiger partial charge is 0.346 e. The average molecular weight is 206 g/mol. The summed E-state index contributed by atoms with van der Waals surface area (Å²) in [7, 11) is 3.92. The van der Waals surface area contributed by atoms with Crippen molar-refractivity contribution in [1.29, 1.82) is 0 Å². The molecule has 0 aliphatic carbocycles. The van der Waals surface area contributed by atoms with Crippen LogP contribution in [0.3, 0.4) is 0 Å². The van der Waals surface area contributed by atoms with E-state index in [2.05, 4.69) is 16.8 Å². The molecule has 0 saturated carbocycles. The highest BCUT2D eigenvalue weighted by Crippen LogP contribution is 2.23. The summed E-state index contributed by atoms with van der Waals surface area (Å²) in [5.74, 6) is -0.184. The minimum atomic E-state index is -0.184. The van der Waals surface area contributed by atoms with Gasteiger partial charge in [-0.1, -0.05) is 0 Å². The summed E-state index contributed by atoms with van der Waals surface area (Å²) in [5, 5.41) is 4.14. The second kappa shape index (κ2) is 3.66. The van der Waals surface area contributed by atoms with Crippen LogP contribution in [0.1, 0.15) is 18.7 Å². The topological polar surface area (TPSA) is 17.0 Å². The number of hydrogen-bond acceptors (Lipinski definition) is 1. The van der Waals surface area contributed by atoms with Crippen LogP contribution in [0.2, 0.25) is 0 Å². The molecule has 0 fully saturated rings. The molecular formula is C12H15FN2. The van der Waals surface area contributed by atoms with Crippen molar-refractivity contribution in [1.82, 2.24) is 9.88 Å². The van der Waals surface area contributed by atoms with Gasteiger partial charge >= 0.3 is 0 Å². The van der Waals surface area contributed by atoms with Gasteiger partial charge in [-0.3, -0.25) is 0 Å². The summed E-state index contributed by atoms with van der Waals surface area (Å²) in [4.78, 5) is 0. The number of fused-ring (bicyclic) bond motifs is 1. The second-order valence-corrected chi connectivity index (χ2v) is 3.84. The summed E-state index contributed by atoms with van der Waals surface area (Å²) in [6, 6.07) is 7.18. The quantitative estimate of drug-likeness (QED) is 0.799. The van der Waals surface area contributed by atoms with Crippen LogP contribution < -0.4 is 5.32 Å². The van der Waals surface area contributed by atoms with Gasteiger partial charge in [0.2, 0.25) is 0 Å². The van der Waals surface area contributed by atoms with Crippen molar-refractivity contribution in [2.45, 2.75) is 13.0 Å². The minimum absolute atomic E-state index is 0.184. The SMILES string of the molecule is CNC(C)c1cc2cc(F)ccc2n1C. The molecule has 80 valence electrons. The lowest BCUT2D eigenvalue weighted by molar-refractivity contribution is 0.609. The van der Waals surface area contributed by atoms with Crippen molar-refractivity contribution in [2.24, 2.45) is 7.05 Å². The van der Waals surface area contributed by atoms with Gasteiger partial charge in [0.1, 0.15) is 5.82 Å². The van der Waals surface area contributed by atoms with Crippen LogP contribution in [-0.2, 0) is 7.05 Å². The zero-order chi connectivity index (χ0) is 11.0. The Bertz CT molecular complexity index is 488. The van der Waals surface area contributed by atoms with E-state index in [4.69, 9.17) is 0 Å². The Balaban J connectivity index is 2.63. The van der Waals surface area contributed by atoms with Gasteiger partial charge in [-0.15, -0.1) is 0 Å². The first-order valence-corrected chi connectivity index (χ1v) is 5.05. The summed E-state index contributed by atoms with van der Waals surface area (Å²) < 4.78 is 15.1. The van der Waals surface area contributed by atoms with Crippen molar-refractivity contribution in [3.05, 3.63) is 35.8 Å². The Hall–Kier alpha value is -1.35. The number of aromatic nitrogens is 1. The van der Waals surface area contributed by atoms with Gasteiger partial charge in [-0.2, -0.15) is 0 Å². The van der Waals surface area contributed by atoms with Crippen molar-refractivity contribution < 1.29 is 4.39 Å². The molecule has 1 atom stereocenters. The molecule has 0 aliphatic heterocycles. The number of aryl methyl sites for hydroxylation is 1. The third kappa shape index (κ3) is 1.63. The number of nitrogens with zero attached hydrogens (tertiary/aromatic N) is 1. The standard InChI is InChI=1S/C12H15FN2/c1-8(14-2)12-7-9-6-10(13)4-5-11(9)15(12)3/h4-8,14H,1-3H3. The highest BCUT2D eigenvalue weighted by molar-refractivity contribution is 5.81. The van der Waals surface area contributed by atoms with Crippen LogP contribution in [0.5, 0.6) is 0 Å². The number of nitrogens with one attached hydrogen (secondary N) is 1. The summed E-state index contributed by atoms with van der Waals surface area (Å²) in [5.41, 5.74) is 2.23. The molecule has 0 amide bonds. The Morgan fingerprint density at radius 2 is 2.07 bits per heavy atom. The Kier molecular flexibility index (Phi) is 2.49. The first kappa shape index (κ1) is 10.2. The van der Waals surface area contributed by atoms with Gasteiger partial charge in [-0.05, 0) is 38.2 Å². The van der Waals surface area contributed by atoms with E-state index in [0.29, 0.717) is 0 Å².